The minimum atomic E-state index is 0.461. The van der Waals surface area contributed by atoms with Crippen molar-refractivity contribution in [2.75, 3.05) is 5.33 Å². The summed E-state index contributed by atoms with van der Waals surface area (Å²) in [5, 5.41) is 9.76. The van der Waals surface area contributed by atoms with Crippen molar-refractivity contribution in [1.29, 1.82) is 5.26 Å². The normalized spacial score (nSPS) is 8.38. The second-order valence-electron chi connectivity index (χ2n) is 2.24. The Bertz CT molecular complexity index is 409. The fourth-order valence-electron chi connectivity index (χ4n) is 0.824. The molecular formula is C10H5BrClN. The summed E-state index contributed by atoms with van der Waals surface area (Å²) >= 11 is 8.94. The van der Waals surface area contributed by atoms with E-state index in [1.807, 2.05) is 6.07 Å². The highest BCUT2D eigenvalue weighted by Gasteiger charge is 1.98. The van der Waals surface area contributed by atoms with Gasteiger partial charge in [-0.1, -0.05) is 39.4 Å². The fraction of sp³-hybridized carbons (Fsp3) is 0.100. The van der Waals surface area contributed by atoms with Crippen LogP contribution in [-0.4, -0.2) is 5.33 Å². The first kappa shape index (κ1) is 10.1. The standard InChI is InChI=1S/C10H5BrClN/c11-5-1-2-8-3-4-10(12)9(6-8)7-13/h3-4,6H,5H2. The monoisotopic (exact) mass is 253 g/mol. The van der Waals surface area contributed by atoms with Crippen molar-refractivity contribution in [1.82, 2.24) is 0 Å². The van der Waals surface area contributed by atoms with Gasteiger partial charge in [-0.15, -0.1) is 0 Å². The van der Waals surface area contributed by atoms with Crippen LogP contribution < -0.4 is 0 Å². The molecule has 1 aromatic rings. The SMILES string of the molecule is N#Cc1cc(C#CCBr)ccc1Cl. The van der Waals surface area contributed by atoms with Gasteiger partial charge in [0, 0.05) is 5.56 Å². The first-order chi connectivity index (χ1) is 6.27. The van der Waals surface area contributed by atoms with Gasteiger partial charge in [0.2, 0.25) is 0 Å². The average Bonchev–Trinajstić information content (AvgIpc) is 2.16. The third kappa shape index (κ3) is 2.77. The Hall–Kier alpha value is -0.960. The molecule has 0 fully saturated rings. The van der Waals surface area contributed by atoms with E-state index >= 15 is 0 Å². The van der Waals surface area contributed by atoms with E-state index < -0.39 is 0 Å². The van der Waals surface area contributed by atoms with Gasteiger partial charge in [0.05, 0.1) is 15.9 Å². The van der Waals surface area contributed by atoms with Crippen molar-refractivity contribution < 1.29 is 0 Å². The summed E-state index contributed by atoms with van der Waals surface area (Å²) in [6, 6.07) is 7.15. The zero-order chi connectivity index (χ0) is 9.68. The molecule has 1 nitrogen and oxygen atoms in total. The molecule has 0 saturated heterocycles. The van der Waals surface area contributed by atoms with Crippen LogP contribution in [-0.2, 0) is 0 Å². The lowest BCUT2D eigenvalue weighted by Crippen LogP contribution is -1.80. The predicted molar refractivity (Wildman–Crippen MR) is 56.8 cm³/mol. The lowest BCUT2D eigenvalue weighted by Gasteiger charge is -1.94. The van der Waals surface area contributed by atoms with Gasteiger partial charge in [-0.2, -0.15) is 5.26 Å². The van der Waals surface area contributed by atoms with Crippen molar-refractivity contribution in [3.8, 4) is 17.9 Å². The van der Waals surface area contributed by atoms with Crippen LogP contribution in [0.5, 0.6) is 0 Å². The van der Waals surface area contributed by atoms with Crippen LogP contribution >= 0.6 is 27.5 Å². The van der Waals surface area contributed by atoms with Crippen molar-refractivity contribution in [3.63, 3.8) is 0 Å². The van der Waals surface area contributed by atoms with Gasteiger partial charge in [-0.25, -0.2) is 0 Å². The van der Waals surface area contributed by atoms with Crippen LogP contribution in [0.2, 0.25) is 5.02 Å². The topological polar surface area (TPSA) is 23.8 Å². The van der Waals surface area contributed by atoms with E-state index in [2.05, 4.69) is 27.8 Å². The maximum Gasteiger partial charge on any atom is 0.101 e. The molecular weight excluding hydrogens is 249 g/mol. The largest absolute Gasteiger partial charge is 0.192 e. The molecule has 0 aliphatic rings. The molecule has 0 radical (unpaired) electrons. The van der Waals surface area contributed by atoms with Gasteiger partial charge < -0.3 is 0 Å². The van der Waals surface area contributed by atoms with E-state index in [-0.39, 0.29) is 0 Å². The smallest absolute Gasteiger partial charge is 0.101 e. The maximum atomic E-state index is 8.68. The molecule has 0 bridgehead atoms. The highest BCUT2D eigenvalue weighted by atomic mass is 79.9. The molecule has 13 heavy (non-hydrogen) atoms. The van der Waals surface area contributed by atoms with Gasteiger partial charge >= 0.3 is 0 Å². The second-order valence-corrected chi connectivity index (χ2v) is 3.21. The van der Waals surface area contributed by atoms with Crippen LogP contribution in [0.1, 0.15) is 11.1 Å². The Morgan fingerprint density at radius 3 is 2.85 bits per heavy atom. The summed E-state index contributed by atoms with van der Waals surface area (Å²) < 4.78 is 0. The zero-order valence-corrected chi connectivity index (χ0v) is 8.98. The van der Waals surface area contributed by atoms with E-state index in [0.29, 0.717) is 15.9 Å². The van der Waals surface area contributed by atoms with Gasteiger partial charge in [0.15, 0.2) is 0 Å². The Morgan fingerprint density at radius 1 is 1.46 bits per heavy atom. The van der Waals surface area contributed by atoms with E-state index in [1.54, 1.807) is 18.2 Å². The molecule has 1 rings (SSSR count). The molecule has 0 spiro atoms. The lowest BCUT2D eigenvalue weighted by molar-refractivity contribution is 1.48. The van der Waals surface area contributed by atoms with E-state index in [9.17, 15) is 0 Å². The summed E-state index contributed by atoms with van der Waals surface area (Å²) in [5.74, 6) is 5.74. The lowest BCUT2D eigenvalue weighted by atomic mass is 10.1. The molecule has 0 unspecified atom stereocenters. The summed E-state index contributed by atoms with van der Waals surface area (Å²) in [6.45, 7) is 0. The van der Waals surface area contributed by atoms with Gasteiger partial charge in [0.1, 0.15) is 6.07 Å². The summed E-state index contributed by atoms with van der Waals surface area (Å²) in [5.41, 5.74) is 1.27. The fourth-order valence-corrected chi connectivity index (χ4v) is 1.12. The van der Waals surface area contributed by atoms with Crippen molar-refractivity contribution >= 4 is 27.5 Å². The van der Waals surface area contributed by atoms with Crippen molar-refractivity contribution in [3.05, 3.63) is 34.3 Å². The number of nitriles is 1. The molecule has 0 N–H and O–H groups in total. The third-order valence-electron chi connectivity index (χ3n) is 1.39. The number of hydrogen-bond donors (Lipinski definition) is 0. The molecule has 0 aliphatic carbocycles. The molecule has 1 aromatic carbocycles. The molecule has 0 heterocycles. The quantitative estimate of drug-likeness (QED) is 0.516. The predicted octanol–water partition coefficient (Wildman–Crippen LogP) is 2.96. The van der Waals surface area contributed by atoms with E-state index in [4.69, 9.17) is 16.9 Å². The first-order valence-electron chi connectivity index (χ1n) is 3.52. The summed E-state index contributed by atoms with van der Waals surface area (Å²) in [6.07, 6.45) is 0. The highest BCUT2D eigenvalue weighted by molar-refractivity contribution is 9.09. The minimum Gasteiger partial charge on any atom is -0.192 e. The molecule has 0 amide bonds. The minimum absolute atomic E-state index is 0.461. The van der Waals surface area contributed by atoms with Gasteiger partial charge in [-0.3, -0.25) is 0 Å². The zero-order valence-electron chi connectivity index (χ0n) is 6.64. The molecule has 3 heteroatoms. The number of halogens is 2. The van der Waals surface area contributed by atoms with Crippen LogP contribution in [0.25, 0.3) is 0 Å². The molecule has 0 aliphatic heterocycles. The Morgan fingerprint density at radius 2 is 2.23 bits per heavy atom. The number of hydrogen-bond acceptors (Lipinski definition) is 1. The third-order valence-corrected chi connectivity index (χ3v) is 2.00. The summed E-state index contributed by atoms with van der Waals surface area (Å²) in [7, 11) is 0. The highest BCUT2D eigenvalue weighted by Crippen LogP contribution is 2.15. The van der Waals surface area contributed by atoms with Crippen LogP contribution in [0.4, 0.5) is 0 Å². The van der Waals surface area contributed by atoms with Crippen LogP contribution in [0.3, 0.4) is 0 Å². The van der Waals surface area contributed by atoms with Crippen LogP contribution in [0, 0.1) is 23.2 Å². The summed E-state index contributed by atoms with van der Waals surface area (Å²) in [4.78, 5) is 0. The Labute approximate surface area is 90.5 Å². The number of nitrogens with zero attached hydrogens (tertiary/aromatic N) is 1. The average molecular weight is 255 g/mol. The molecule has 0 saturated carbocycles. The second kappa shape index (κ2) is 4.92. The van der Waals surface area contributed by atoms with E-state index in [0.717, 1.165) is 5.56 Å². The number of rotatable bonds is 0. The Balaban J connectivity index is 3.08. The molecule has 0 aromatic heterocycles. The van der Waals surface area contributed by atoms with Crippen molar-refractivity contribution in [2.45, 2.75) is 0 Å². The van der Waals surface area contributed by atoms with Crippen molar-refractivity contribution in [2.24, 2.45) is 0 Å². The number of benzene rings is 1. The van der Waals surface area contributed by atoms with Crippen LogP contribution in [0.15, 0.2) is 18.2 Å². The first-order valence-corrected chi connectivity index (χ1v) is 5.02. The number of alkyl halides is 1. The Kier molecular flexibility index (Phi) is 3.83. The maximum absolute atomic E-state index is 8.68. The molecule has 64 valence electrons. The van der Waals surface area contributed by atoms with Gasteiger partial charge in [-0.05, 0) is 18.2 Å². The molecule has 0 atom stereocenters. The van der Waals surface area contributed by atoms with E-state index in [1.165, 1.54) is 0 Å². The van der Waals surface area contributed by atoms with Gasteiger partial charge in [0.25, 0.3) is 0 Å².